The number of rotatable bonds is 3. The average Bonchev–Trinajstić information content (AvgIpc) is 3.02. The highest BCUT2D eigenvalue weighted by atomic mass is 16.3. The first-order valence-corrected chi connectivity index (χ1v) is 14.3. The smallest absolute Gasteiger partial charge is 0.0698 e. The molecule has 0 radical (unpaired) electrons. The summed E-state index contributed by atoms with van der Waals surface area (Å²) in [6.45, 7) is 10.7. The number of hydrogen-bond donors (Lipinski definition) is 3. The third-order valence-electron chi connectivity index (χ3n) is 12.4. The number of hydrogen-bond acceptors (Lipinski definition) is 4. The van der Waals surface area contributed by atoms with Gasteiger partial charge < -0.3 is 20.4 Å². The molecule has 0 amide bonds. The maximum atomic E-state index is 11.5. The monoisotopic (exact) mass is 460 g/mol. The van der Waals surface area contributed by atoms with Gasteiger partial charge in [-0.05, 0) is 131 Å². The van der Waals surface area contributed by atoms with Crippen LogP contribution >= 0.6 is 0 Å². The summed E-state index contributed by atoms with van der Waals surface area (Å²) in [7, 11) is 4.54. The summed E-state index contributed by atoms with van der Waals surface area (Å²) < 4.78 is 0. The summed E-state index contributed by atoms with van der Waals surface area (Å²) in [4.78, 5) is 2.47. The van der Waals surface area contributed by atoms with Crippen molar-refractivity contribution in [3.8, 4) is 0 Å². The molecule has 5 fully saturated rings. The van der Waals surface area contributed by atoms with E-state index in [1.807, 2.05) is 0 Å². The minimum Gasteiger partial charge on any atom is -0.393 e. The lowest BCUT2D eigenvalue weighted by molar-refractivity contribution is -0.126. The lowest BCUT2D eigenvalue weighted by atomic mass is 9.44. The summed E-state index contributed by atoms with van der Waals surface area (Å²) in [6.07, 6.45) is 10.9. The van der Waals surface area contributed by atoms with Gasteiger partial charge in [-0.25, -0.2) is 0 Å². The van der Waals surface area contributed by atoms with Crippen molar-refractivity contribution in [1.82, 2.24) is 10.2 Å². The number of aliphatic hydroxyl groups is 2. The van der Waals surface area contributed by atoms with Gasteiger partial charge in [-0.1, -0.05) is 27.7 Å². The second kappa shape index (κ2) is 8.75. The van der Waals surface area contributed by atoms with Crippen LogP contribution in [0.25, 0.3) is 0 Å². The molecule has 0 unspecified atom stereocenters. The molecule has 5 aliphatic rings. The van der Waals surface area contributed by atoms with E-state index in [1.54, 1.807) is 0 Å². The zero-order chi connectivity index (χ0) is 23.7. The molecule has 1 aliphatic heterocycles. The Balaban J connectivity index is 1.35. The molecule has 1 saturated heterocycles. The molecule has 4 aliphatic carbocycles. The van der Waals surface area contributed by atoms with Gasteiger partial charge in [-0.3, -0.25) is 0 Å². The maximum absolute atomic E-state index is 11.5. The van der Waals surface area contributed by atoms with Crippen molar-refractivity contribution in [2.45, 2.75) is 110 Å². The first kappa shape index (κ1) is 24.5. The molecular formula is C29H52N2O2. The first-order valence-electron chi connectivity index (χ1n) is 14.3. The molecule has 0 bridgehead atoms. The molecule has 0 aromatic heterocycles. The number of piperidine rings is 1. The van der Waals surface area contributed by atoms with E-state index < -0.39 is 0 Å². The van der Waals surface area contributed by atoms with Crippen molar-refractivity contribution >= 4 is 0 Å². The lowest BCUT2D eigenvalue weighted by Crippen LogP contribution is -2.57. The van der Waals surface area contributed by atoms with Crippen molar-refractivity contribution in [1.29, 1.82) is 0 Å². The van der Waals surface area contributed by atoms with E-state index in [0.29, 0.717) is 29.1 Å². The van der Waals surface area contributed by atoms with Crippen LogP contribution in [0, 0.1) is 52.3 Å². The lowest BCUT2D eigenvalue weighted by Gasteiger charge is -2.62. The van der Waals surface area contributed by atoms with Gasteiger partial charge in [0.15, 0.2) is 0 Å². The molecule has 190 valence electrons. The molecule has 0 aromatic rings. The molecule has 1 heterocycles. The Labute approximate surface area is 203 Å². The van der Waals surface area contributed by atoms with Crippen LogP contribution in [0.4, 0.5) is 0 Å². The van der Waals surface area contributed by atoms with E-state index >= 15 is 0 Å². The molecule has 4 saturated carbocycles. The predicted octanol–water partition coefficient (Wildman–Crippen LogP) is 4.54. The Hall–Kier alpha value is -0.160. The molecule has 13 atom stereocenters. The number of nitrogens with zero attached hydrogens (tertiary/aromatic N) is 1. The summed E-state index contributed by atoms with van der Waals surface area (Å²) in [5.74, 6) is 4.33. The van der Waals surface area contributed by atoms with Crippen LogP contribution in [0.3, 0.4) is 0 Å². The fraction of sp³-hybridized carbons (Fsp3) is 1.00. The number of aliphatic hydroxyl groups excluding tert-OH is 2. The SMILES string of the molecule is C[C@H]1CN[C@H]([C@@H](C)[C@H]2[C@H](O)C[C@H]3[C@@H]4CC[C@H]5C[C@@H](N(C)C)CC[C@]5(C)[C@H]4CC[C@]23C)[C@H](O)C1. The Kier molecular flexibility index (Phi) is 6.50. The van der Waals surface area contributed by atoms with E-state index in [1.165, 1.54) is 44.9 Å². The second-order valence-corrected chi connectivity index (χ2v) is 14.1. The van der Waals surface area contributed by atoms with Crippen LogP contribution in [0.1, 0.15) is 85.5 Å². The standard InChI is InChI=1S/C29H52N2O2/c1-17-13-25(33)27(30-16-17)18(2)26-24(32)15-23-21-8-7-19-14-20(31(5)6)9-11-28(19,3)22(21)10-12-29(23,26)4/h17-27,30,32-33H,7-16H2,1-6H3/t17-,18+,19+,20+,21-,22+,23+,24-,25-,26+,27-,28+,29+/m1/s1. The average molecular weight is 461 g/mol. The minimum absolute atomic E-state index is 0.128. The fourth-order valence-electron chi connectivity index (χ4n) is 10.6. The van der Waals surface area contributed by atoms with Gasteiger partial charge in [-0.15, -0.1) is 0 Å². The Morgan fingerprint density at radius 3 is 2.30 bits per heavy atom. The summed E-state index contributed by atoms with van der Waals surface area (Å²) in [5.41, 5.74) is 0.719. The third kappa shape index (κ3) is 3.85. The van der Waals surface area contributed by atoms with Crippen LogP contribution in [0.5, 0.6) is 0 Å². The Morgan fingerprint density at radius 2 is 1.61 bits per heavy atom. The van der Waals surface area contributed by atoms with Crippen LogP contribution in [-0.2, 0) is 0 Å². The van der Waals surface area contributed by atoms with Crippen molar-refractivity contribution in [3.63, 3.8) is 0 Å². The molecule has 4 nitrogen and oxygen atoms in total. The van der Waals surface area contributed by atoms with Gasteiger partial charge in [0.2, 0.25) is 0 Å². The quantitative estimate of drug-likeness (QED) is 0.579. The first-order chi connectivity index (χ1) is 15.6. The highest BCUT2D eigenvalue weighted by Crippen LogP contribution is 2.68. The van der Waals surface area contributed by atoms with Crippen LogP contribution in [0.2, 0.25) is 0 Å². The number of nitrogens with one attached hydrogen (secondary N) is 1. The van der Waals surface area contributed by atoms with E-state index in [-0.39, 0.29) is 23.7 Å². The van der Waals surface area contributed by atoms with Gasteiger partial charge in [-0.2, -0.15) is 0 Å². The van der Waals surface area contributed by atoms with Gasteiger partial charge in [0, 0.05) is 12.1 Å². The second-order valence-electron chi connectivity index (χ2n) is 14.1. The number of fused-ring (bicyclic) bond motifs is 5. The fourth-order valence-corrected chi connectivity index (χ4v) is 10.6. The van der Waals surface area contributed by atoms with E-state index in [2.05, 4.69) is 52.0 Å². The van der Waals surface area contributed by atoms with Crippen LogP contribution in [0.15, 0.2) is 0 Å². The van der Waals surface area contributed by atoms with E-state index in [0.717, 1.165) is 43.2 Å². The van der Waals surface area contributed by atoms with Crippen LogP contribution in [-0.4, -0.2) is 60.0 Å². The Morgan fingerprint density at radius 1 is 0.879 bits per heavy atom. The normalized spacial score (nSPS) is 55.5. The molecular weight excluding hydrogens is 408 g/mol. The molecule has 0 aromatic carbocycles. The predicted molar refractivity (Wildman–Crippen MR) is 135 cm³/mol. The highest BCUT2D eigenvalue weighted by molar-refractivity contribution is 5.13. The summed E-state index contributed by atoms with van der Waals surface area (Å²) in [6, 6.07) is 0.896. The van der Waals surface area contributed by atoms with Gasteiger partial charge in [0.1, 0.15) is 0 Å². The maximum Gasteiger partial charge on any atom is 0.0698 e. The van der Waals surface area contributed by atoms with Gasteiger partial charge in [0.25, 0.3) is 0 Å². The van der Waals surface area contributed by atoms with Crippen molar-refractivity contribution < 1.29 is 10.2 Å². The van der Waals surface area contributed by atoms with Gasteiger partial charge in [0.05, 0.1) is 12.2 Å². The van der Waals surface area contributed by atoms with E-state index in [4.69, 9.17) is 0 Å². The topological polar surface area (TPSA) is 55.7 Å². The highest BCUT2D eigenvalue weighted by Gasteiger charge is 2.63. The van der Waals surface area contributed by atoms with Crippen molar-refractivity contribution in [3.05, 3.63) is 0 Å². The van der Waals surface area contributed by atoms with E-state index in [9.17, 15) is 10.2 Å². The largest absolute Gasteiger partial charge is 0.393 e. The molecule has 3 N–H and O–H groups in total. The molecule has 4 heteroatoms. The minimum atomic E-state index is -0.281. The van der Waals surface area contributed by atoms with Crippen LogP contribution < -0.4 is 5.32 Å². The van der Waals surface area contributed by atoms with Gasteiger partial charge >= 0.3 is 0 Å². The summed E-state index contributed by atoms with van der Waals surface area (Å²) >= 11 is 0. The molecule has 33 heavy (non-hydrogen) atoms. The van der Waals surface area contributed by atoms with Crippen molar-refractivity contribution in [2.75, 3.05) is 20.6 Å². The molecule has 5 rings (SSSR count). The molecule has 0 spiro atoms. The third-order valence-corrected chi connectivity index (χ3v) is 12.4. The summed E-state index contributed by atoms with van der Waals surface area (Å²) in [5, 5.41) is 26.1. The Bertz CT molecular complexity index is 714. The van der Waals surface area contributed by atoms with Crippen molar-refractivity contribution in [2.24, 2.45) is 52.3 Å². The zero-order valence-corrected chi connectivity index (χ0v) is 22.3. The zero-order valence-electron chi connectivity index (χ0n) is 22.3.